The number of nitrogens with zero attached hydrogens (tertiary/aromatic N) is 5. The molecule has 8 heteroatoms. The van der Waals surface area contributed by atoms with Crippen LogP contribution in [0.4, 0.5) is 10.3 Å². The van der Waals surface area contributed by atoms with Gasteiger partial charge in [-0.15, -0.1) is 0 Å². The molecule has 0 unspecified atom stereocenters. The first-order valence-electron chi connectivity index (χ1n) is 5.60. The molecule has 100 valence electrons. The molecule has 3 aromatic rings. The Morgan fingerprint density at radius 2 is 2.05 bits per heavy atom. The van der Waals surface area contributed by atoms with Gasteiger partial charge in [0.05, 0.1) is 5.02 Å². The maximum atomic E-state index is 13.1. The number of hydrogen-bond donors (Lipinski definition) is 1. The molecule has 0 amide bonds. The Hall–Kier alpha value is -2.54. The average molecular weight is 291 g/mol. The molecular formula is C12H8ClFN6. The van der Waals surface area contributed by atoms with Gasteiger partial charge in [-0.1, -0.05) is 11.6 Å². The highest BCUT2D eigenvalue weighted by Crippen LogP contribution is 2.26. The molecule has 0 aliphatic rings. The van der Waals surface area contributed by atoms with Gasteiger partial charge in [-0.05, 0) is 24.3 Å². The van der Waals surface area contributed by atoms with Crippen LogP contribution >= 0.6 is 11.6 Å². The molecule has 0 saturated carbocycles. The van der Waals surface area contributed by atoms with Gasteiger partial charge >= 0.3 is 0 Å². The topological polar surface area (TPSA) is 82.5 Å². The fourth-order valence-electron chi connectivity index (χ4n) is 1.66. The summed E-state index contributed by atoms with van der Waals surface area (Å²) in [5.41, 5.74) is 6.13. The Kier molecular flexibility index (Phi) is 3.03. The van der Waals surface area contributed by atoms with Crippen molar-refractivity contribution in [3.8, 4) is 17.3 Å². The third-order valence-electron chi connectivity index (χ3n) is 2.52. The molecule has 0 fully saturated rings. The van der Waals surface area contributed by atoms with E-state index in [2.05, 4.69) is 20.1 Å². The molecule has 6 nitrogen and oxygen atoms in total. The fourth-order valence-corrected chi connectivity index (χ4v) is 1.91. The van der Waals surface area contributed by atoms with E-state index in [4.69, 9.17) is 17.3 Å². The summed E-state index contributed by atoms with van der Waals surface area (Å²) in [5.74, 6) is 0.111. The quantitative estimate of drug-likeness (QED) is 0.781. The number of aromatic nitrogens is 5. The van der Waals surface area contributed by atoms with Crippen LogP contribution in [0.1, 0.15) is 0 Å². The van der Waals surface area contributed by atoms with Crippen molar-refractivity contribution in [1.29, 1.82) is 0 Å². The lowest BCUT2D eigenvalue weighted by atomic mass is 10.2. The zero-order valence-electron chi connectivity index (χ0n) is 10.0. The first-order chi connectivity index (χ1) is 9.63. The summed E-state index contributed by atoms with van der Waals surface area (Å²) in [6, 6.07) is 5.67. The van der Waals surface area contributed by atoms with Crippen molar-refractivity contribution in [1.82, 2.24) is 24.7 Å². The Labute approximate surface area is 118 Å². The van der Waals surface area contributed by atoms with Gasteiger partial charge in [0.25, 0.3) is 5.95 Å². The Morgan fingerprint density at radius 1 is 1.20 bits per heavy atom. The van der Waals surface area contributed by atoms with Crippen molar-refractivity contribution in [3.63, 3.8) is 0 Å². The number of anilines is 1. The van der Waals surface area contributed by atoms with Crippen LogP contribution in [-0.4, -0.2) is 24.7 Å². The second-order valence-corrected chi connectivity index (χ2v) is 4.30. The van der Waals surface area contributed by atoms with E-state index in [9.17, 15) is 4.39 Å². The molecule has 0 aliphatic carbocycles. The summed E-state index contributed by atoms with van der Waals surface area (Å²) in [4.78, 5) is 12.2. The van der Waals surface area contributed by atoms with E-state index >= 15 is 0 Å². The molecule has 1 aromatic carbocycles. The lowest BCUT2D eigenvalue weighted by molar-refractivity contribution is 0.628. The third kappa shape index (κ3) is 2.30. The second kappa shape index (κ2) is 4.86. The standard InChI is InChI=1S/C12H8ClFN6/c13-9-6-7(14)2-3-8(9)10-17-11(15)19-12(18-10)20-5-1-4-16-20/h1-6H,(H2,15,17,18,19). The normalized spacial score (nSPS) is 10.7. The number of benzene rings is 1. The zero-order chi connectivity index (χ0) is 14.1. The van der Waals surface area contributed by atoms with E-state index in [1.807, 2.05) is 0 Å². The Morgan fingerprint density at radius 3 is 2.75 bits per heavy atom. The third-order valence-corrected chi connectivity index (χ3v) is 2.83. The molecule has 0 atom stereocenters. The average Bonchev–Trinajstić information content (AvgIpc) is 2.91. The van der Waals surface area contributed by atoms with Gasteiger partial charge in [-0.25, -0.2) is 9.07 Å². The predicted molar refractivity (Wildman–Crippen MR) is 71.8 cm³/mol. The molecule has 0 aliphatic heterocycles. The minimum atomic E-state index is -0.437. The smallest absolute Gasteiger partial charge is 0.255 e. The van der Waals surface area contributed by atoms with Crippen molar-refractivity contribution in [2.24, 2.45) is 0 Å². The summed E-state index contributed by atoms with van der Waals surface area (Å²) in [6.45, 7) is 0. The molecule has 2 heterocycles. The molecule has 20 heavy (non-hydrogen) atoms. The minimum Gasteiger partial charge on any atom is -0.368 e. The predicted octanol–water partition coefficient (Wildman–Crippen LogP) is 2.10. The van der Waals surface area contributed by atoms with E-state index in [0.717, 1.165) is 0 Å². The summed E-state index contributed by atoms with van der Waals surface area (Å²) < 4.78 is 14.5. The summed E-state index contributed by atoms with van der Waals surface area (Å²) in [6.07, 6.45) is 3.26. The first-order valence-corrected chi connectivity index (χ1v) is 5.98. The van der Waals surface area contributed by atoms with Gasteiger partial charge in [0, 0.05) is 18.0 Å². The van der Waals surface area contributed by atoms with Crippen LogP contribution < -0.4 is 5.73 Å². The maximum Gasteiger partial charge on any atom is 0.255 e. The van der Waals surface area contributed by atoms with Gasteiger partial charge in [0.15, 0.2) is 5.82 Å². The second-order valence-electron chi connectivity index (χ2n) is 3.89. The molecule has 0 spiro atoms. The number of nitrogens with two attached hydrogens (primary N) is 1. The number of halogens is 2. The highest BCUT2D eigenvalue weighted by atomic mass is 35.5. The highest BCUT2D eigenvalue weighted by Gasteiger charge is 2.12. The summed E-state index contributed by atoms with van der Waals surface area (Å²) >= 11 is 5.99. The van der Waals surface area contributed by atoms with Crippen LogP contribution in [-0.2, 0) is 0 Å². The van der Waals surface area contributed by atoms with Gasteiger partial charge in [0.1, 0.15) is 5.82 Å². The SMILES string of the molecule is Nc1nc(-c2ccc(F)cc2Cl)nc(-n2cccn2)n1. The summed E-state index contributed by atoms with van der Waals surface area (Å²) in [7, 11) is 0. The van der Waals surface area contributed by atoms with Crippen LogP contribution in [0.25, 0.3) is 17.3 Å². The lowest BCUT2D eigenvalue weighted by Crippen LogP contribution is -2.08. The molecule has 0 radical (unpaired) electrons. The maximum absolute atomic E-state index is 13.1. The van der Waals surface area contributed by atoms with Crippen LogP contribution in [0.3, 0.4) is 0 Å². The van der Waals surface area contributed by atoms with E-state index in [0.29, 0.717) is 5.56 Å². The van der Waals surface area contributed by atoms with Crippen molar-refractivity contribution in [2.75, 3.05) is 5.73 Å². The molecule has 0 saturated heterocycles. The Balaban J connectivity index is 2.14. The number of rotatable bonds is 2. The first kappa shape index (κ1) is 12.5. The monoisotopic (exact) mass is 290 g/mol. The van der Waals surface area contributed by atoms with Crippen LogP contribution in [0, 0.1) is 5.82 Å². The van der Waals surface area contributed by atoms with Crippen molar-refractivity contribution < 1.29 is 4.39 Å². The molecule has 2 aromatic heterocycles. The summed E-state index contributed by atoms with van der Waals surface area (Å²) in [5, 5.41) is 4.21. The largest absolute Gasteiger partial charge is 0.368 e. The molecule has 2 N–H and O–H groups in total. The van der Waals surface area contributed by atoms with E-state index < -0.39 is 5.82 Å². The number of hydrogen-bond acceptors (Lipinski definition) is 5. The van der Waals surface area contributed by atoms with Crippen molar-refractivity contribution in [2.45, 2.75) is 0 Å². The van der Waals surface area contributed by atoms with Crippen LogP contribution in [0.15, 0.2) is 36.7 Å². The van der Waals surface area contributed by atoms with Crippen molar-refractivity contribution in [3.05, 3.63) is 47.5 Å². The van der Waals surface area contributed by atoms with Gasteiger partial charge in [-0.2, -0.15) is 20.1 Å². The lowest BCUT2D eigenvalue weighted by Gasteiger charge is -2.06. The van der Waals surface area contributed by atoms with Crippen molar-refractivity contribution >= 4 is 17.5 Å². The van der Waals surface area contributed by atoms with Crippen LogP contribution in [0.2, 0.25) is 5.02 Å². The fraction of sp³-hybridized carbons (Fsp3) is 0. The van der Waals surface area contributed by atoms with E-state index in [1.165, 1.54) is 22.9 Å². The zero-order valence-corrected chi connectivity index (χ0v) is 10.8. The van der Waals surface area contributed by atoms with Gasteiger partial charge in [0.2, 0.25) is 5.95 Å². The van der Waals surface area contributed by atoms with Crippen LogP contribution in [0.5, 0.6) is 0 Å². The van der Waals surface area contributed by atoms with Gasteiger partial charge in [-0.3, -0.25) is 0 Å². The minimum absolute atomic E-state index is 0.0286. The highest BCUT2D eigenvalue weighted by molar-refractivity contribution is 6.33. The molecular weight excluding hydrogens is 283 g/mol. The van der Waals surface area contributed by atoms with E-state index in [1.54, 1.807) is 18.5 Å². The molecule has 3 rings (SSSR count). The van der Waals surface area contributed by atoms with Gasteiger partial charge < -0.3 is 5.73 Å². The Bertz CT molecular complexity index is 759. The number of nitrogen functional groups attached to an aromatic ring is 1. The molecule has 0 bridgehead atoms. The van der Waals surface area contributed by atoms with E-state index in [-0.39, 0.29) is 22.7 Å².